The number of hydrogen-bond donors (Lipinski definition) is 0. The maximum absolute atomic E-state index is 4.57. The van der Waals surface area contributed by atoms with E-state index in [1.165, 1.54) is 5.56 Å². The van der Waals surface area contributed by atoms with E-state index in [4.69, 9.17) is 0 Å². The summed E-state index contributed by atoms with van der Waals surface area (Å²) in [6.45, 7) is 12.9. The SMILES string of the molecule is CC(C)c1ccc(-n2c(-c3[c-]cc(C(C)C)nc3)nnc2C(C)C)cc1.[Ir]. The van der Waals surface area contributed by atoms with Gasteiger partial charge in [-0.15, -0.1) is 17.2 Å². The molecule has 3 rings (SSSR count). The minimum absolute atomic E-state index is 0. The van der Waals surface area contributed by atoms with Gasteiger partial charge < -0.3 is 9.55 Å². The van der Waals surface area contributed by atoms with Gasteiger partial charge in [0.1, 0.15) is 5.82 Å². The molecule has 2 aromatic heterocycles. The summed E-state index contributed by atoms with van der Waals surface area (Å²) in [6, 6.07) is 13.9. The summed E-state index contributed by atoms with van der Waals surface area (Å²) in [5.41, 5.74) is 4.29. The number of rotatable bonds is 5. The van der Waals surface area contributed by atoms with Crippen molar-refractivity contribution in [3.05, 3.63) is 59.7 Å². The molecule has 0 bridgehead atoms. The Hall–Kier alpha value is -1.84. The number of benzene rings is 1. The molecule has 0 aliphatic rings. The standard InChI is InChI=1S/C22H27N4.Ir/c1-14(2)17-7-10-19(11-8-17)26-21(16(5)6)24-25-22(26)18-9-12-20(15(3)4)23-13-18;/h7-8,10-16H,1-6H3;/q-1;. The molecular weight excluding hydrogens is 512 g/mol. The Labute approximate surface area is 175 Å². The first kappa shape index (κ1) is 21.5. The van der Waals surface area contributed by atoms with Crippen LogP contribution < -0.4 is 0 Å². The molecule has 0 saturated carbocycles. The average molecular weight is 540 g/mol. The average Bonchev–Trinajstić information content (AvgIpc) is 3.07. The van der Waals surface area contributed by atoms with Gasteiger partial charge in [-0.05, 0) is 35.2 Å². The fourth-order valence-corrected chi connectivity index (χ4v) is 2.91. The van der Waals surface area contributed by atoms with Crippen LogP contribution in [0.2, 0.25) is 0 Å². The molecule has 0 aliphatic carbocycles. The summed E-state index contributed by atoms with van der Waals surface area (Å²) >= 11 is 0. The summed E-state index contributed by atoms with van der Waals surface area (Å²) in [7, 11) is 0. The zero-order valence-corrected chi connectivity index (χ0v) is 19.2. The molecule has 0 spiro atoms. The van der Waals surface area contributed by atoms with E-state index in [2.05, 4.69) is 91.6 Å². The van der Waals surface area contributed by atoms with Crippen LogP contribution in [0.15, 0.2) is 36.5 Å². The van der Waals surface area contributed by atoms with Crippen molar-refractivity contribution >= 4 is 0 Å². The van der Waals surface area contributed by atoms with Crippen LogP contribution in [0.1, 0.15) is 76.4 Å². The molecule has 0 atom stereocenters. The Morgan fingerprint density at radius 2 is 1.52 bits per heavy atom. The zero-order chi connectivity index (χ0) is 18.8. The Bertz CT molecular complexity index is 862. The van der Waals surface area contributed by atoms with E-state index < -0.39 is 0 Å². The van der Waals surface area contributed by atoms with E-state index in [-0.39, 0.29) is 26.0 Å². The monoisotopic (exact) mass is 540 g/mol. The quantitative estimate of drug-likeness (QED) is 0.403. The molecule has 2 heterocycles. The third-order valence-electron chi connectivity index (χ3n) is 4.57. The van der Waals surface area contributed by atoms with E-state index in [1.54, 1.807) is 0 Å². The van der Waals surface area contributed by atoms with Crippen LogP contribution in [0.3, 0.4) is 0 Å². The summed E-state index contributed by atoms with van der Waals surface area (Å²) in [4.78, 5) is 4.57. The second kappa shape index (κ2) is 8.90. The Balaban J connectivity index is 0.00000261. The Morgan fingerprint density at radius 3 is 2.00 bits per heavy atom. The fraction of sp³-hybridized carbons (Fsp3) is 0.409. The minimum Gasteiger partial charge on any atom is -0.356 e. The molecule has 0 saturated heterocycles. The predicted octanol–water partition coefficient (Wildman–Crippen LogP) is 5.50. The van der Waals surface area contributed by atoms with Crippen molar-refractivity contribution in [2.45, 2.75) is 59.3 Å². The molecule has 0 N–H and O–H groups in total. The third-order valence-corrected chi connectivity index (χ3v) is 4.57. The first-order valence-electron chi connectivity index (χ1n) is 9.32. The van der Waals surface area contributed by atoms with E-state index in [1.807, 2.05) is 12.3 Å². The summed E-state index contributed by atoms with van der Waals surface area (Å²) in [6.07, 6.45) is 1.85. The molecule has 0 aliphatic heterocycles. The van der Waals surface area contributed by atoms with Gasteiger partial charge >= 0.3 is 0 Å². The second-order valence-electron chi connectivity index (χ2n) is 7.66. The topological polar surface area (TPSA) is 43.6 Å². The van der Waals surface area contributed by atoms with Gasteiger partial charge in [0.05, 0.1) is 5.82 Å². The number of pyridine rings is 1. The van der Waals surface area contributed by atoms with E-state index in [0.717, 1.165) is 28.6 Å². The van der Waals surface area contributed by atoms with Crippen molar-refractivity contribution in [2.24, 2.45) is 0 Å². The van der Waals surface area contributed by atoms with Gasteiger partial charge in [-0.3, -0.25) is 0 Å². The van der Waals surface area contributed by atoms with Crippen molar-refractivity contribution in [2.75, 3.05) is 0 Å². The molecule has 3 aromatic rings. The molecule has 27 heavy (non-hydrogen) atoms. The molecule has 0 unspecified atom stereocenters. The van der Waals surface area contributed by atoms with Crippen LogP contribution in [0, 0.1) is 6.07 Å². The van der Waals surface area contributed by atoms with E-state index in [0.29, 0.717) is 11.8 Å². The van der Waals surface area contributed by atoms with Crippen molar-refractivity contribution in [3.8, 4) is 17.1 Å². The van der Waals surface area contributed by atoms with Crippen molar-refractivity contribution in [1.82, 2.24) is 19.7 Å². The van der Waals surface area contributed by atoms with Crippen LogP contribution in [0.25, 0.3) is 17.1 Å². The van der Waals surface area contributed by atoms with Crippen LogP contribution >= 0.6 is 0 Å². The molecule has 4 nitrogen and oxygen atoms in total. The summed E-state index contributed by atoms with van der Waals surface area (Å²) in [5, 5.41) is 8.91. The van der Waals surface area contributed by atoms with Gasteiger partial charge in [0.25, 0.3) is 0 Å². The first-order chi connectivity index (χ1) is 12.4. The molecule has 1 radical (unpaired) electrons. The predicted molar refractivity (Wildman–Crippen MR) is 106 cm³/mol. The van der Waals surface area contributed by atoms with Gasteiger partial charge in [-0.1, -0.05) is 65.4 Å². The zero-order valence-electron chi connectivity index (χ0n) is 16.8. The van der Waals surface area contributed by atoms with Crippen molar-refractivity contribution in [3.63, 3.8) is 0 Å². The molecule has 5 heteroatoms. The number of hydrogen-bond acceptors (Lipinski definition) is 3. The van der Waals surface area contributed by atoms with E-state index >= 15 is 0 Å². The fourth-order valence-electron chi connectivity index (χ4n) is 2.91. The molecule has 0 amide bonds. The van der Waals surface area contributed by atoms with Gasteiger partial charge in [-0.2, -0.15) is 5.10 Å². The van der Waals surface area contributed by atoms with Gasteiger partial charge in [0.2, 0.25) is 0 Å². The maximum Gasteiger partial charge on any atom is 0.131 e. The van der Waals surface area contributed by atoms with Crippen LogP contribution in [-0.4, -0.2) is 19.7 Å². The number of nitrogens with zero attached hydrogens (tertiary/aromatic N) is 4. The second-order valence-corrected chi connectivity index (χ2v) is 7.66. The van der Waals surface area contributed by atoms with Gasteiger partial charge in [0.15, 0.2) is 0 Å². The smallest absolute Gasteiger partial charge is 0.131 e. The van der Waals surface area contributed by atoms with Crippen LogP contribution in [0.4, 0.5) is 0 Å². The van der Waals surface area contributed by atoms with Crippen LogP contribution in [-0.2, 0) is 20.1 Å². The first-order valence-corrected chi connectivity index (χ1v) is 9.32. The summed E-state index contributed by atoms with van der Waals surface area (Å²) < 4.78 is 2.12. The maximum atomic E-state index is 4.57. The Morgan fingerprint density at radius 1 is 0.852 bits per heavy atom. The van der Waals surface area contributed by atoms with Gasteiger partial charge in [-0.25, -0.2) is 0 Å². The van der Waals surface area contributed by atoms with E-state index in [9.17, 15) is 0 Å². The summed E-state index contributed by atoms with van der Waals surface area (Å²) in [5.74, 6) is 2.89. The molecular formula is C22H27IrN4-. The molecule has 0 fully saturated rings. The third kappa shape index (κ3) is 4.53. The minimum atomic E-state index is 0. The van der Waals surface area contributed by atoms with Gasteiger partial charge in [0, 0.05) is 31.7 Å². The Kier molecular flexibility index (Phi) is 7.07. The molecule has 1 aromatic carbocycles. The van der Waals surface area contributed by atoms with Crippen molar-refractivity contribution in [1.29, 1.82) is 0 Å². The largest absolute Gasteiger partial charge is 0.356 e. The molecule has 145 valence electrons. The van der Waals surface area contributed by atoms with Crippen molar-refractivity contribution < 1.29 is 20.1 Å². The number of aromatic nitrogens is 4. The normalized spacial score (nSPS) is 11.3. The van der Waals surface area contributed by atoms with Crippen LogP contribution in [0.5, 0.6) is 0 Å².